The van der Waals surface area contributed by atoms with Crippen molar-refractivity contribution >= 4 is 11.8 Å². The van der Waals surface area contributed by atoms with E-state index in [1.165, 1.54) is 6.92 Å². The summed E-state index contributed by atoms with van der Waals surface area (Å²) in [7, 11) is 0. The third kappa shape index (κ3) is 8.02. The molecule has 0 heterocycles. The first-order valence-corrected chi connectivity index (χ1v) is 2.82. The van der Waals surface area contributed by atoms with Crippen molar-refractivity contribution in [2.45, 2.75) is 20.3 Å². The fraction of sp³-hybridized carbons (Fsp3) is 0.667. The van der Waals surface area contributed by atoms with E-state index in [1.807, 2.05) is 0 Å². The largest absolute Gasteiger partial charge is 4.00 e. The van der Waals surface area contributed by atoms with Gasteiger partial charge in [0.2, 0.25) is 0 Å². The molecule has 0 amide bonds. The second-order valence-corrected chi connectivity index (χ2v) is 1.68. The van der Waals surface area contributed by atoms with Crippen LogP contribution in [0.4, 0.5) is 0 Å². The average Bonchev–Trinajstić information content (AvgIpc) is 1.63. The van der Waals surface area contributed by atoms with Crippen molar-refractivity contribution in [2.24, 2.45) is 0 Å². The molecule has 0 aromatic heterocycles. The second kappa shape index (κ2) is 7.13. The predicted molar refractivity (Wildman–Crippen MR) is 31.9 cm³/mol. The Morgan fingerprint density at radius 2 is 1.90 bits per heavy atom. The number of esters is 1. The van der Waals surface area contributed by atoms with Gasteiger partial charge >= 0.3 is 32.2 Å². The molecule has 3 nitrogen and oxygen atoms in total. The first-order chi connectivity index (χ1) is 4.16. The summed E-state index contributed by atoms with van der Waals surface area (Å²) in [6.45, 7) is 3.40. The van der Waals surface area contributed by atoms with Crippen LogP contribution in [0, 0.1) is 0 Å². The maximum Gasteiger partial charge on any atom is 4.00 e. The molecule has 0 unspecified atom stereocenters. The van der Waals surface area contributed by atoms with Crippen molar-refractivity contribution < 1.29 is 40.5 Å². The van der Waals surface area contributed by atoms with Crippen molar-refractivity contribution in [3.8, 4) is 0 Å². The van der Waals surface area contributed by atoms with Gasteiger partial charge in [-0.25, -0.2) is 0 Å². The van der Waals surface area contributed by atoms with Gasteiger partial charge in [0.05, 0.1) is 6.61 Å². The zero-order valence-corrected chi connectivity index (χ0v) is 8.60. The monoisotopic (exact) mass is 220 g/mol. The first-order valence-electron chi connectivity index (χ1n) is 2.82. The minimum atomic E-state index is -0.440. The fourth-order valence-corrected chi connectivity index (χ4v) is 0.415. The third-order valence-corrected chi connectivity index (χ3v) is 0.699. The topological polar surface area (TPSA) is 43.4 Å². The molecule has 0 rings (SSSR count). The van der Waals surface area contributed by atoms with Crippen LogP contribution in [0.15, 0.2) is 0 Å². The summed E-state index contributed by atoms with van der Waals surface area (Å²) < 4.78 is 4.49. The van der Waals surface area contributed by atoms with Crippen molar-refractivity contribution in [2.75, 3.05) is 6.61 Å². The standard InChI is InChI=1S/C6H10O3.Zr/c1-3-9-6(8)4-5(2)7;/h3-4H2,1-2H3;/q;+4. The molecular formula is C6H10O3Zr+4. The Bertz CT molecular complexity index is 122. The van der Waals surface area contributed by atoms with Crippen LogP contribution in [0.3, 0.4) is 0 Å². The fourth-order valence-electron chi connectivity index (χ4n) is 0.415. The molecule has 0 N–H and O–H groups in total. The van der Waals surface area contributed by atoms with Gasteiger partial charge in [0, 0.05) is 0 Å². The number of ether oxygens (including phenoxy) is 1. The Kier molecular flexibility index (Phi) is 9.04. The molecule has 0 saturated heterocycles. The van der Waals surface area contributed by atoms with Gasteiger partial charge in [-0.3, -0.25) is 9.59 Å². The van der Waals surface area contributed by atoms with Crippen LogP contribution in [0.5, 0.6) is 0 Å². The van der Waals surface area contributed by atoms with Gasteiger partial charge in [0.1, 0.15) is 12.2 Å². The summed E-state index contributed by atoms with van der Waals surface area (Å²) in [6, 6.07) is 0. The molecule has 0 spiro atoms. The van der Waals surface area contributed by atoms with E-state index in [-0.39, 0.29) is 38.4 Å². The van der Waals surface area contributed by atoms with E-state index in [4.69, 9.17) is 0 Å². The first kappa shape index (κ1) is 12.7. The Morgan fingerprint density at radius 1 is 1.40 bits per heavy atom. The number of carbonyl (C=O) groups excluding carboxylic acids is 2. The normalized spacial score (nSPS) is 7.80. The van der Waals surface area contributed by atoms with Crippen LogP contribution in [0.1, 0.15) is 20.3 Å². The molecule has 0 aliphatic carbocycles. The summed E-state index contributed by atoms with van der Waals surface area (Å²) in [6.07, 6.45) is -0.103. The van der Waals surface area contributed by atoms with E-state index >= 15 is 0 Å². The Morgan fingerprint density at radius 3 is 2.20 bits per heavy atom. The molecule has 52 valence electrons. The third-order valence-electron chi connectivity index (χ3n) is 0.699. The minimum Gasteiger partial charge on any atom is -0.466 e. The van der Waals surface area contributed by atoms with Crippen molar-refractivity contribution in [1.82, 2.24) is 0 Å². The Balaban J connectivity index is 0. The number of Topliss-reactive ketones (excluding diaryl/α,β-unsaturated/α-hetero) is 1. The molecule has 0 aliphatic rings. The average molecular weight is 221 g/mol. The van der Waals surface area contributed by atoms with Crippen LogP contribution >= 0.6 is 0 Å². The van der Waals surface area contributed by atoms with Crippen molar-refractivity contribution in [1.29, 1.82) is 0 Å². The zero-order chi connectivity index (χ0) is 7.28. The van der Waals surface area contributed by atoms with Crippen LogP contribution in [-0.4, -0.2) is 18.4 Å². The number of rotatable bonds is 3. The van der Waals surface area contributed by atoms with Gasteiger partial charge in [-0.1, -0.05) is 0 Å². The van der Waals surface area contributed by atoms with Crippen LogP contribution < -0.4 is 0 Å². The SMILES string of the molecule is CCOC(=O)CC(C)=O.[Zr+4]. The zero-order valence-electron chi connectivity index (χ0n) is 6.14. The van der Waals surface area contributed by atoms with E-state index in [0.29, 0.717) is 6.61 Å². The van der Waals surface area contributed by atoms with Crippen LogP contribution in [-0.2, 0) is 40.5 Å². The maximum atomic E-state index is 10.4. The van der Waals surface area contributed by atoms with Crippen molar-refractivity contribution in [3.05, 3.63) is 0 Å². The molecular weight excluding hydrogens is 211 g/mol. The van der Waals surface area contributed by atoms with E-state index in [1.54, 1.807) is 6.92 Å². The summed E-state index contributed by atoms with van der Waals surface area (Å²) in [5.41, 5.74) is 0. The van der Waals surface area contributed by atoms with Crippen LogP contribution in [0.2, 0.25) is 0 Å². The number of ketones is 1. The smallest absolute Gasteiger partial charge is 0.466 e. The van der Waals surface area contributed by atoms with E-state index in [2.05, 4.69) is 4.74 Å². The second-order valence-electron chi connectivity index (χ2n) is 1.68. The molecule has 0 radical (unpaired) electrons. The predicted octanol–water partition coefficient (Wildman–Crippen LogP) is 0.526. The molecule has 0 bridgehead atoms. The van der Waals surface area contributed by atoms with E-state index in [0.717, 1.165) is 0 Å². The molecule has 10 heavy (non-hydrogen) atoms. The van der Waals surface area contributed by atoms with Gasteiger partial charge < -0.3 is 4.74 Å². The summed E-state index contributed by atoms with van der Waals surface area (Å²) in [5.74, 6) is -0.599. The maximum absolute atomic E-state index is 10.4. The molecule has 0 aliphatic heterocycles. The molecule has 0 atom stereocenters. The quantitative estimate of drug-likeness (QED) is 0.516. The molecule has 0 aromatic carbocycles. The van der Waals surface area contributed by atoms with Crippen LogP contribution in [0.25, 0.3) is 0 Å². The van der Waals surface area contributed by atoms with E-state index in [9.17, 15) is 9.59 Å². The Hall–Kier alpha value is 0.0231. The number of hydrogen-bond donors (Lipinski definition) is 0. The van der Waals surface area contributed by atoms with Gasteiger partial charge in [-0.2, -0.15) is 0 Å². The van der Waals surface area contributed by atoms with Gasteiger partial charge in [0.15, 0.2) is 0 Å². The number of carbonyl (C=O) groups is 2. The molecule has 0 saturated carbocycles. The van der Waals surface area contributed by atoms with Crippen molar-refractivity contribution in [3.63, 3.8) is 0 Å². The summed E-state index contributed by atoms with van der Waals surface area (Å²) >= 11 is 0. The molecule has 4 heteroatoms. The summed E-state index contributed by atoms with van der Waals surface area (Å²) in [5, 5.41) is 0. The minimum absolute atomic E-state index is 0. The van der Waals surface area contributed by atoms with Gasteiger partial charge in [-0.15, -0.1) is 0 Å². The molecule has 0 aromatic rings. The Labute approximate surface area is 79.2 Å². The van der Waals surface area contributed by atoms with Gasteiger partial charge in [0.25, 0.3) is 0 Å². The van der Waals surface area contributed by atoms with E-state index < -0.39 is 5.97 Å². The number of hydrogen-bond acceptors (Lipinski definition) is 3. The van der Waals surface area contributed by atoms with Gasteiger partial charge in [-0.05, 0) is 13.8 Å². The summed E-state index contributed by atoms with van der Waals surface area (Å²) in [4.78, 5) is 20.6. The molecule has 0 fully saturated rings.